The molecule has 3 aromatic rings. The monoisotopic (exact) mass is 448 g/mol. The molecule has 1 N–H and O–H groups in total. The molecule has 0 atom stereocenters. The minimum absolute atomic E-state index is 0.274. The van der Waals surface area contributed by atoms with E-state index in [1.807, 2.05) is 18.2 Å². The number of imide groups is 1. The maximum Gasteiger partial charge on any atom is 0.266 e. The highest BCUT2D eigenvalue weighted by Crippen LogP contribution is 2.29. The number of nitrogens with zero attached hydrogens (tertiary/aromatic N) is 1. The molecule has 0 saturated heterocycles. The largest absolute Gasteiger partial charge is 0.321 e. The van der Waals surface area contributed by atoms with Gasteiger partial charge in [0.2, 0.25) is 0 Å². The van der Waals surface area contributed by atoms with E-state index in [0.29, 0.717) is 28.1 Å². The quantitative estimate of drug-likeness (QED) is 0.566. The van der Waals surface area contributed by atoms with E-state index in [4.69, 9.17) is 0 Å². The van der Waals surface area contributed by atoms with Gasteiger partial charge in [0.05, 0.1) is 22.5 Å². The smallest absolute Gasteiger partial charge is 0.266 e. The predicted octanol–water partition coefficient (Wildman–Crippen LogP) is 5.06. The zero-order chi connectivity index (χ0) is 20.5. The van der Waals surface area contributed by atoms with Gasteiger partial charge in [-0.05, 0) is 76.4 Å². The van der Waals surface area contributed by atoms with Gasteiger partial charge in [0.15, 0.2) is 0 Å². The molecule has 3 amide bonds. The van der Waals surface area contributed by atoms with Crippen molar-refractivity contribution in [3.63, 3.8) is 0 Å². The summed E-state index contributed by atoms with van der Waals surface area (Å²) < 4.78 is 0.813. The van der Waals surface area contributed by atoms with Crippen LogP contribution in [0.15, 0.2) is 71.2 Å². The minimum Gasteiger partial charge on any atom is -0.321 e. The highest BCUT2D eigenvalue weighted by Gasteiger charge is 2.36. The molecular weight excluding hydrogens is 432 g/mol. The number of amides is 3. The van der Waals surface area contributed by atoms with Gasteiger partial charge in [-0.2, -0.15) is 0 Å². The van der Waals surface area contributed by atoms with Crippen LogP contribution in [0.4, 0.5) is 11.4 Å². The Balaban J connectivity index is 1.53. The second kappa shape index (κ2) is 7.64. The van der Waals surface area contributed by atoms with Crippen LogP contribution in [0.1, 0.15) is 43.6 Å². The maximum atomic E-state index is 12.6. The first-order valence-electron chi connectivity index (χ1n) is 9.17. The van der Waals surface area contributed by atoms with Gasteiger partial charge >= 0.3 is 0 Å². The number of rotatable bonds is 4. The first-order chi connectivity index (χ1) is 14.0. The predicted molar refractivity (Wildman–Crippen MR) is 115 cm³/mol. The Kier molecular flexibility index (Phi) is 5.03. The van der Waals surface area contributed by atoms with Crippen LogP contribution in [0.25, 0.3) is 0 Å². The van der Waals surface area contributed by atoms with Crippen molar-refractivity contribution in [2.75, 3.05) is 10.2 Å². The van der Waals surface area contributed by atoms with Gasteiger partial charge in [-0.3, -0.25) is 14.4 Å². The molecule has 0 aliphatic carbocycles. The van der Waals surface area contributed by atoms with E-state index in [-0.39, 0.29) is 17.7 Å². The minimum atomic E-state index is -0.359. The van der Waals surface area contributed by atoms with Gasteiger partial charge in [-0.1, -0.05) is 25.1 Å². The van der Waals surface area contributed by atoms with Gasteiger partial charge in [0, 0.05) is 10.0 Å². The molecule has 5 nitrogen and oxygen atoms in total. The molecule has 1 heterocycles. The number of aryl methyl sites for hydroxylation is 1. The van der Waals surface area contributed by atoms with Crippen LogP contribution < -0.4 is 10.2 Å². The molecule has 0 spiro atoms. The van der Waals surface area contributed by atoms with Crippen LogP contribution in [-0.4, -0.2) is 17.7 Å². The van der Waals surface area contributed by atoms with E-state index in [2.05, 4.69) is 28.2 Å². The summed E-state index contributed by atoms with van der Waals surface area (Å²) in [6.07, 6.45) is 0.909. The standard InChI is InChI=1S/C23H17BrN2O3/c1-2-14-7-12-20(19(24)13-14)25-21(27)15-8-10-16(11-9-15)26-22(28)17-5-3-4-6-18(17)23(26)29/h3-13H,2H2,1H3,(H,25,27). The molecule has 0 radical (unpaired) electrons. The lowest BCUT2D eigenvalue weighted by Crippen LogP contribution is -2.29. The normalized spacial score (nSPS) is 12.8. The van der Waals surface area contributed by atoms with Crippen LogP contribution >= 0.6 is 15.9 Å². The Morgan fingerprint density at radius 2 is 1.55 bits per heavy atom. The second-order valence-electron chi connectivity index (χ2n) is 6.66. The number of hydrogen-bond acceptors (Lipinski definition) is 3. The highest BCUT2D eigenvalue weighted by molar-refractivity contribution is 9.10. The molecule has 0 saturated carbocycles. The topological polar surface area (TPSA) is 66.5 Å². The summed E-state index contributed by atoms with van der Waals surface area (Å²) in [7, 11) is 0. The average molecular weight is 449 g/mol. The summed E-state index contributed by atoms with van der Waals surface area (Å²) in [5.41, 5.74) is 3.48. The summed E-state index contributed by atoms with van der Waals surface area (Å²) >= 11 is 3.48. The Labute approximate surface area is 176 Å². The Morgan fingerprint density at radius 1 is 0.931 bits per heavy atom. The van der Waals surface area contributed by atoms with Gasteiger partial charge in [0.25, 0.3) is 17.7 Å². The first kappa shape index (κ1) is 19.1. The number of fused-ring (bicyclic) bond motifs is 1. The van der Waals surface area contributed by atoms with Gasteiger partial charge in [-0.25, -0.2) is 4.90 Å². The molecule has 144 valence electrons. The van der Waals surface area contributed by atoms with Crippen molar-refractivity contribution in [1.82, 2.24) is 0 Å². The summed E-state index contributed by atoms with van der Waals surface area (Å²) in [6.45, 7) is 2.07. The molecular formula is C23H17BrN2O3. The van der Waals surface area contributed by atoms with Crippen LogP contribution in [0.5, 0.6) is 0 Å². The van der Waals surface area contributed by atoms with Crippen molar-refractivity contribution in [1.29, 1.82) is 0 Å². The van der Waals surface area contributed by atoms with Gasteiger partial charge in [-0.15, -0.1) is 0 Å². The molecule has 29 heavy (non-hydrogen) atoms. The van der Waals surface area contributed by atoms with Crippen molar-refractivity contribution in [2.45, 2.75) is 13.3 Å². The molecule has 0 fully saturated rings. The maximum absolute atomic E-state index is 12.6. The Bertz CT molecular complexity index is 1100. The number of anilines is 2. The molecule has 3 aromatic carbocycles. The van der Waals surface area contributed by atoms with Crippen molar-refractivity contribution >= 4 is 45.0 Å². The molecule has 0 aromatic heterocycles. The van der Waals surface area contributed by atoms with Crippen molar-refractivity contribution in [3.8, 4) is 0 Å². The third-order valence-electron chi connectivity index (χ3n) is 4.87. The molecule has 1 aliphatic rings. The fourth-order valence-electron chi connectivity index (χ4n) is 3.26. The van der Waals surface area contributed by atoms with E-state index >= 15 is 0 Å². The van der Waals surface area contributed by atoms with E-state index in [9.17, 15) is 14.4 Å². The van der Waals surface area contributed by atoms with Crippen LogP contribution in [0, 0.1) is 0 Å². The first-order valence-corrected chi connectivity index (χ1v) is 9.96. The number of carbonyl (C=O) groups is 3. The van der Waals surface area contributed by atoms with Gasteiger partial charge < -0.3 is 5.32 Å². The summed E-state index contributed by atoms with van der Waals surface area (Å²) in [4.78, 5) is 38.9. The van der Waals surface area contributed by atoms with E-state index < -0.39 is 0 Å². The summed E-state index contributed by atoms with van der Waals surface area (Å²) in [5, 5.41) is 2.87. The number of carbonyl (C=O) groups excluding carboxylic acids is 3. The Hall–Kier alpha value is -3.25. The lowest BCUT2D eigenvalue weighted by atomic mass is 10.1. The fraction of sp³-hybridized carbons (Fsp3) is 0.0870. The van der Waals surface area contributed by atoms with Gasteiger partial charge in [0.1, 0.15) is 0 Å². The number of nitrogens with one attached hydrogen (secondary N) is 1. The lowest BCUT2D eigenvalue weighted by Gasteiger charge is -2.14. The zero-order valence-electron chi connectivity index (χ0n) is 15.6. The zero-order valence-corrected chi connectivity index (χ0v) is 17.2. The average Bonchev–Trinajstić information content (AvgIpc) is 3.00. The fourth-order valence-corrected chi connectivity index (χ4v) is 3.79. The van der Waals surface area contributed by atoms with E-state index in [0.717, 1.165) is 15.8 Å². The van der Waals surface area contributed by atoms with E-state index in [1.54, 1.807) is 48.5 Å². The SMILES string of the molecule is CCc1ccc(NC(=O)c2ccc(N3C(=O)c4ccccc4C3=O)cc2)c(Br)c1. The summed E-state index contributed by atoms with van der Waals surface area (Å²) in [6, 6.07) is 18.9. The number of benzene rings is 3. The number of halogens is 1. The number of hydrogen-bond donors (Lipinski definition) is 1. The molecule has 4 rings (SSSR count). The van der Waals surface area contributed by atoms with Crippen LogP contribution in [0.3, 0.4) is 0 Å². The van der Waals surface area contributed by atoms with E-state index in [1.165, 1.54) is 5.56 Å². The van der Waals surface area contributed by atoms with Crippen molar-refractivity contribution in [3.05, 3.63) is 93.5 Å². The summed E-state index contributed by atoms with van der Waals surface area (Å²) in [5.74, 6) is -0.991. The third-order valence-corrected chi connectivity index (χ3v) is 5.53. The van der Waals surface area contributed by atoms with Crippen molar-refractivity contribution < 1.29 is 14.4 Å². The Morgan fingerprint density at radius 3 is 2.10 bits per heavy atom. The highest BCUT2D eigenvalue weighted by atomic mass is 79.9. The third kappa shape index (κ3) is 3.47. The lowest BCUT2D eigenvalue weighted by molar-refractivity contribution is 0.0925. The second-order valence-corrected chi connectivity index (χ2v) is 7.51. The molecule has 0 bridgehead atoms. The van der Waals surface area contributed by atoms with Crippen molar-refractivity contribution in [2.24, 2.45) is 0 Å². The molecule has 0 unspecified atom stereocenters. The van der Waals surface area contributed by atoms with Crippen LogP contribution in [0.2, 0.25) is 0 Å². The molecule has 6 heteroatoms. The molecule has 1 aliphatic heterocycles. The van der Waals surface area contributed by atoms with Crippen LogP contribution in [-0.2, 0) is 6.42 Å².